The number of hydrogen-bond donors (Lipinski definition) is 1. The Morgan fingerprint density at radius 2 is 1.88 bits per heavy atom. The number of nitrogens with zero attached hydrogens (tertiary/aromatic N) is 4. The molecule has 4 aliphatic carbocycles. The Morgan fingerprint density at radius 1 is 1.12 bits per heavy atom. The second-order valence-corrected chi connectivity index (χ2v) is 11.8. The van der Waals surface area contributed by atoms with Gasteiger partial charge in [-0.05, 0) is 113 Å². The highest BCUT2D eigenvalue weighted by Gasteiger charge is 2.58. The van der Waals surface area contributed by atoms with Crippen LogP contribution < -0.4 is 0 Å². The van der Waals surface area contributed by atoms with Crippen LogP contribution in [0.2, 0.25) is 0 Å². The number of nitriles is 2. The zero-order valence-corrected chi connectivity index (χ0v) is 20.1. The largest absolute Gasteiger partial charge is 0.390 e. The lowest BCUT2D eigenvalue weighted by Gasteiger charge is -2.57. The van der Waals surface area contributed by atoms with Gasteiger partial charge in [0.2, 0.25) is 0 Å². The van der Waals surface area contributed by atoms with Crippen molar-refractivity contribution < 1.29 is 5.11 Å². The molecule has 0 aromatic heterocycles. The first kappa shape index (κ1) is 23.3. The topological polar surface area (TPSA) is 83.4 Å². The van der Waals surface area contributed by atoms with Gasteiger partial charge >= 0.3 is 0 Å². The first-order valence-electron chi connectivity index (χ1n) is 12.7. The third-order valence-corrected chi connectivity index (χ3v) is 10.0. The molecule has 4 rings (SSSR count). The van der Waals surface area contributed by atoms with E-state index in [1.54, 1.807) is 18.1 Å². The molecule has 0 spiro atoms. The van der Waals surface area contributed by atoms with Crippen molar-refractivity contribution in [3.63, 3.8) is 0 Å². The lowest BCUT2D eigenvalue weighted by molar-refractivity contribution is -0.102. The molecule has 5 nitrogen and oxygen atoms in total. The molecule has 4 saturated carbocycles. The summed E-state index contributed by atoms with van der Waals surface area (Å²) in [6.45, 7) is 10.4. The molecule has 4 aliphatic rings. The first-order chi connectivity index (χ1) is 15.2. The van der Waals surface area contributed by atoms with Crippen LogP contribution in [-0.4, -0.2) is 29.0 Å². The van der Waals surface area contributed by atoms with Crippen LogP contribution in [0, 0.1) is 69.5 Å². The van der Waals surface area contributed by atoms with Gasteiger partial charge in [0.1, 0.15) is 0 Å². The number of aliphatic hydroxyl groups is 1. The van der Waals surface area contributed by atoms with E-state index < -0.39 is 5.60 Å². The number of hydrazone groups is 1. The molecule has 174 valence electrons. The van der Waals surface area contributed by atoms with Crippen LogP contribution in [-0.2, 0) is 0 Å². The standard InChI is InChI=1S/C27H40N4O/c1-18(14-28)16-31(30-4)17-20(15-29)24-7-8-25-23-6-5-19-13-26(2,32)11-9-21(19)22(23)10-12-27(24,25)3/h16,19-25,32H,4-13,17H2,1-3H3/b18-16+/t19-,20+,21+,22-,23-,24-,25+,26-,27-/m1/s1. The smallest absolute Gasteiger partial charge is 0.0960 e. The van der Waals surface area contributed by atoms with Gasteiger partial charge in [-0.25, -0.2) is 0 Å². The highest BCUT2D eigenvalue weighted by atomic mass is 16.3. The molecule has 0 amide bonds. The average Bonchev–Trinajstić information content (AvgIpc) is 3.12. The Hall–Kier alpha value is -1.85. The summed E-state index contributed by atoms with van der Waals surface area (Å²) in [5.41, 5.74) is 0.336. The normalized spacial score (nSPS) is 44.2. The molecular formula is C27H40N4O. The lowest BCUT2D eigenvalue weighted by atomic mass is 9.48. The quantitative estimate of drug-likeness (QED) is 0.351. The van der Waals surface area contributed by atoms with Crippen LogP contribution in [0.3, 0.4) is 0 Å². The van der Waals surface area contributed by atoms with Gasteiger partial charge in [-0.2, -0.15) is 15.6 Å². The van der Waals surface area contributed by atoms with Crippen molar-refractivity contribution >= 4 is 6.72 Å². The van der Waals surface area contributed by atoms with E-state index in [1.807, 2.05) is 6.92 Å². The second kappa shape index (κ2) is 8.83. The van der Waals surface area contributed by atoms with Gasteiger partial charge in [-0.3, -0.25) is 5.01 Å². The van der Waals surface area contributed by atoms with E-state index in [0.717, 1.165) is 37.0 Å². The van der Waals surface area contributed by atoms with Crippen LogP contribution >= 0.6 is 0 Å². The predicted molar refractivity (Wildman–Crippen MR) is 126 cm³/mol. The summed E-state index contributed by atoms with van der Waals surface area (Å²) >= 11 is 0. The fourth-order valence-electron chi connectivity index (χ4n) is 8.65. The monoisotopic (exact) mass is 436 g/mol. The van der Waals surface area contributed by atoms with E-state index in [0.29, 0.717) is 29.9 Å². The van der Waals surface area contributed by atoms with E-state index in [-0.39, 0.29) is 11.3 Å². The van der Waals surface area contributed by atoms with Crippen molar-refractivity contribution in [1.82, 2.24) is 5.01 Å². The molecule has 0 saturated heterocycles. The van der Waals surface area contributed by atoms with Crippen LogP contribution in [0.1, 0.15) is 78.6 Å². The van der Waals surface area contributed by atoms with Crippen molar-refractivity contribution in [3.05, 3.63) is 11.8 Å². The van der Waals surface area contributed by atoms with E-state index in [9.17, 15) is 10.4 Å². The molecule has 4 fully saturated rings. The van der Waals surface area contributed by atoms with Crippen LogP contribution in [0.15, 0.2) is 16.9 Å². The number of hydrogen-bond acceptors (Lipinski definition) is 5. The molecule has 0 radical (unpaired) electrons. The van der Waals surface area contributed by atoms with Crippen LogP contribution in [0.4, 0.5) is 0 Å². The average molecular weight is 437 g/mol. The van der Waals surface area contributed by atoms with Gasteiger partial charge in [0.25, 0.3) is 0 Å². The molecule has 5 heteroatoms. The van der Waals surface area contributed by atoms with Crippen LogP contribution in [0.25, 0.3) is 0 Å². The van der Waals surface area contributed by atoms with Gasteiger partial charge in [0, 0.05) is 18.5 Å². The summed E-state index contributed by atoms with van der Waals surface area (Å²) < 4.78 is 0. The molecule has 0 heterocycles. The van der Waals surface area contributed by atoms with Gasteiger partial charge in [-0.15, -0.1) is 0 Å². The van der Waals surface area contributed by atoms with E-state index in [2.05, 4.69) is 30.9 Å². The fraction of sp³-hybridized carbons (Fsp3) is 0.815. The minimum Gasteiger partial charge on any atom is -0.390 e. The molecule has 0 unspecified atom stereocenters. The summed E-state index contributed by atoms with van der Waals surface area (Å²) in [6.07, 6.45) is 12.3. The molecule has 0 bridgehead atoms. The first-order valence-corrected chi connectivity index (χ1v) is 12.7. The number of fused-ring (bicyclic) bond motifs is 5. The lowest BCUT2D eigenvalue weighted by Crippen LogP contribution is -2.51. The van der Waals surface area contributed by atoms with Crippen molar-refractivity contribution in [3.8, 4) is 12.1 Å². The van der Waals surface area contributed by atoms with E-state index >= 15 is 0 Å². The summed E-state index contributed by atoms with van der Waals surface area (Å²) in [4.78, 5) is 0. The number of allylic oxidation sites excluding steroid dienone is 1. The summed E-state index contributed by atoms with van der Waals surface area (Å²) in [5.74, 6) is 4.09. The molecule has 9 atom stereocenters. The van der Waals surface area contributed by atoms with Gasteiger partial charge in [0.05, 0.1) is 30.2 Å². The SMILES string of the molecule is C=NN(/C=C(\C)C#N)C[C@H](C#N)[C@H]1CC[C@H]2[C@@H]3CC[C@@H]4C[C@](C)(O)CC[C@@H]4[C@H]3CC[C@]12C. The Balaban J connectivity index is 1.49. The molecule has 0 aliphatic heterocycles. The highest BCUT2D eigenvalue weighted by Crippen LogP contribution is 2.65. The maximum Gasteiger partial charge on any atom is 0.0960 e. The summed E-state index contributed by atoms with van der Waals surface area (Å²) in [7, 11) is 0. The number of rotatable bonds is 5. The van der Waals surface area contributed by atoms with Gasteiger partial charge < -0.3 is 5.11 Å². The zero-order valence-electron chi connectivity index (χ0n) is 20.1. The van der Waals surface area contributed by atoms with E-state index in [4.69, 9.17) is 5.26 Å². The Morgan fingerprint density at radius 3 is 2.56 bits per heavy atom. The fourth-order valence-corrected chi connectivity index (χ4v) is 8.65. The molecule has 0 aromatic carbocycles. The van der Waals surface area contributed by atoms with Crippen LogP contribution in [0.5, 0.6) is 0 Å². The predicted octanol–water partition coefficient (Wildman–Crippen LogP) is 5.49. The Bertz CT molecular complexity index is 836. The third-order valence-electron chi connectivity index (χ3n) is 10.0. The summed E-state index contributed by atoms with van der Waals surface area (Å²) in [6, 6.07) is 4.75. The maximum absolute atomic E-state index is 10.6. The third kappa shape index (κ3) is 4.10. The van der Waals surface area contributed by atoms with Crippen molar-refractivity contribution in [2.45, 2.75) is 84.2 Å². The minimum atomic E-state index is -0.459. The molecule has 32 heavy (non-hydrogen) atoms. The molecule has 0 aromatic rings. The van der Waals surface area contributed by atoms with Crippen molar-refractivity contribution in [1.29, 1.82) is 10.5 Å². The van der Waals surface area contributed by atoms with Crippen molar-refractivity contribution in [2.24, 2.45) is 51.9 Å². The maximum atomic E-state index is 10.6. The highest BCUT2D eigenvalue weighted by molar-refractivity contribution is 5.24. The molecule has 1 N–H and O–H groups in total. The van der Waals surface area contributed by atoms with Crippen molar-refractivity contribution in [2.75, 3.05) is 6.54 Å². The minimum absolute atomic E-state index is 0.101. The van der Waals surface area contributed by atoms with Gasteiger partial charge in [-0.1, -0.05) is 6.92 Å². The zero-order chi connectivity index (χ0) is 23.1. The van der Waals surface area contributed by atoms with Gasteiger partial charge in [0.15, 0.2) is 0 Å². The Labute approximate surface area is 194 Å². The molecular weight excluding hydrogens is 396 g/mol. The second-order valence-electron chi connectivity index (χ2n) is 11.8. The van der Waals surface area contributed by atoms with E-state index in [1.165, 1.54) is 38.5 Å². The summed E-state index contributed by atoms with van der Waals surface area (Å²) in [5, 5.41) is 35.6. The Kier molecular flexibility index (Phi) is 6.43.